The highest BCUT2D eigenvalue weighted by molar-refractivity contribution is 6.37. The monoisotopic (exact) mass is 345 g/mol. The fraction of sp³-hybridized carbons (Fsp3) is 0.444. The summed E-state index contributed by atoms with van der Waals surface area (Å²) in [6.07, 6.45) is 0.352. The van der Waals surface area contributed by atoms with Gasteiger partial charge in [0.2, 0.25) is 5.91 Å². The molecule has 2 atom stereocenters. The van der Waals surface area contributed by atoms with Gasteiger partial charge in [-0.3, -0.25) is 9.59 Å². The van der Waals surface area contributed by atoms with E-state index in [9.17, 15) is 14.4 Å². The van der Waals surface area contributed by atoms with Crippen LogP contribution in [0.1, 0.15) is 44.6 Å². The first-order valence-electron chi connectivity index (χ1n) is 8.40. The molecule has 1 aromatic carbocycles. The van der Waals surface area contributed by atoms with Gasteiger partial charge in [0.1, 0.15) is 5.71 Å². The molecule has 2 amide bonds. The maximum Gasteiger partial charge on any atom is 0.355 e. The molecule has 0 unspecified atom stereocenters. The summed E-state index contributed by atoms with van der Waals surface area (Å²) < 4.78 is 5.13. The van der Waals surface area contributed by atoms with Gasteiger partial charge in [0, 0.05) is 25.3 Å². The topological polar surface area (TPSA) is 96.9 Å². The molecule has 0 saturated carbocycles. The van der Waals surface area contributed by atoms with Gasteiger partial charge in [-0.2, -0.15) is 5.10 Å². The molecule has 134 valence electrons. The van der Waals surface area contributed by atoms with Crippen LogP contribution in [-0.2, 0) is 19.1 Å². The smallest absolute Gasteiger partial charge is 0.355 e. The lowest BCUT2D eigenvalue weighted by atomic mass is 9.96. The molecule has 1 heterocycles. The fourth-order valence-electron chi connectivity index (χ4n) is 2.49. The van der Waals surface area contributed by atoms with Gasteiger partial charge in [0.25, 0.3) is 5.91 Å². The minimum absolute atomic E-state index is 0.120. The molecule has 1 aliphatic rings. The number of carbonyl (C=O) groups is 3. The second kappa shape index (κ2) is 8.96. The van der Waals surface area contributed by atoms with Crippen LogP contribution in [0.4, 0.5) is 0 Å². The average molecular weight is 345 g/mol. The lowest BCUT2D eigenvalue weighted by molar-refractivity contribution is -0.148. The van der Waals surface area contributed by atoms with E-state index in [2.05, 4.69) is 22.8 Å². The highest BCUT2D eigenvalue weighted by Gasteiger charge is 2.24. The standard InChI is InChI=1S/C18H23N3O4/c1-3-13(14-7-5-4-6-8-14)11-19-17(23)12(2)25-18(24)15-9-10-16(22)21-20-15/h4-8,12-13H,3,9-11H2,1-2H3,(H,19,23)(H,21,22)/t12-,13-/m1/s1. The van der Waals surface area contributed by atoms with Crippen LogP contribution in [0, 0.1) is 0 Å². The van der Waals surface area contributed by atoms with Crippen molar-refractivity contribution in [3.8, 4) is 0 Å². The minimum atomic E-state index is -0.930. The number of hydrazone groups is 1. The van der Waals surface area contributed by atoms with E-state index in [1.165, 1.54) is 6.92 Å². The van der Waals surface area contributed by atoms with Crippen LogP contribution in [0.2, 0.25) is 0 Å². The van der Waals surface area contributed by atoms with Crippen molar-refractivity contribution in [3.05, 3.63) is 35.9 Å². The number of rotatable bonds is 7. The van der Waals surface area contributed by atoms with Crippen molar-refractivity contribution in [1.29, 1.82) is 0 Å². The summed E-state index contributed by atoms with van der Waals surface area (Å²) in [6.45, 7) is 4.04. The number of hydrogen-bond acceptors (Lipinski definition) is 5. The summed E-state index contributed by atoms with van der Waals surface area (Å²) >= 11 is 0. The van der Waals surface area contributed by atoms with Gasteiger partial charge < -0.3 is 10.1 Å². The molecule has 1 aromatic rings. The van der Waals surface area contributed by atoms with E-state index in [4.69, 9.17) is 4.74 Å². The van der Waals surface area contributed by atoms with Gasteiger partial charge in [-0.05, 0) is 18.9 Å². The van der Waals surface area contributed by atoms with Gasteiger partial charge in [-0.25, -0.2) is 10.2 Å². The SMILES string of the molecule is CC[C@H](CNC(=O)[C@@H](C)OC(=O)C1=NNC(=O)CC1)c1ccccc1. The summed E-state index contributed by atoms with van der Waals surface area (Å²) in [7, 11) is 0. The Morgan fingerprint density at radius 1 is 1.28 bits per heavy atom. The quantitative estimate of drug-likeness (QED) is 0.732. The van der Waals surface area contributed by atoms with E-state index in [1.807, 2.05) is 30.3 Å². The Kier molecular flexibility index (Phi) is 6.68. The largest absolute Gasteiger partial charge is 0.448 e. The highest BCUT2D eigenvalue weighted by Crippen LogP contribution is 2.18. The fourth-order valence-corrected chi connectivity index (χ4v) is 2.49. The Balaban J connectivity index is 1.83. The predicted molar refractivity (Wildman–Crippen MR) is 92.8 cm³/mol. The van der Waals surface area contributed by atoms with Crippen molar-refractivity contribution in [2.75, 3.05) is 6.54 Å². The third-order valence-electron chi connectivity index (χ3n) is 4.08. The van der Waals surface area contributed by atoms with Crippen LogP contribution in [0.25, 0.3) is 0 Å². The van der Waals surface area contributed by atoms with Gasteiger partial charge in [0.15, 0.2) is 6.10 Å². The zero-order valence-electron chi connectivity index (χ0n) is 14.5. The van der Waals surface area contributed by atoms with Crippen LogP contribution >= 0.6 is 0 Å². The van der Waals surface area contributed by atoms with Crippen molar-refractivity contribution < 1.29 is 19.1 Å². The normalized spacial score (nSPS) is 16.2. The van der Waals surface area contributed by atoms with Gasteiger partial charge in [-0.15, -0.1) is 0 Å². The zero-order chi connectivity index (χ0) is 18.2. The maximum absolute atomic E-state index is 12.2. The van der Waals surface area contributed by atoms with E-state index in [0.29, 0.717) is 6.54 Å². The Morgan fingerprint density at radius 2 is 2.00 bits per heavy atom. The maximum atomic E-state index is 12.2. The number of benzene rings is 1. The van der Waals surface area contributed by atoms with Gasteiger partial charge in [-0.1, -0.05) is 37.3 Å². The molecule has 0 spiro atoms. The van der Waals surface area contributed by atoms with E-state index in [-0.39, 0.29) is 36.3 Å². The number of hydrogen-bond donors (Lipinski definition) is 2. The average Bonchev–Trinajstić information content (AvgIpc) is 2.63. The van der Waals surface area contributed by atoms with E-state index < -0.39 is 12.1 Å². The first-order valence-corrected chi connectivity index (χ1v) is 8.40. The molecule has 0 fully saturated rings. The number of nitrogens with zero attached hydrogens (tertiary/aromatic N) is 1. The molecule has 2 rings (SSSR count). The molecule has 2 N–H and O–H groups in total. The van der Waals surface area contributed by atoms with Gasteiger partial charge in [0.05, 0.1) is 0 Å². The molecule has 7 heteroatoms. The van der Waals surface area contributed by atoms with E-state index in [1.54, 1.807) is 0 Å². The molecule has 0 bridgehead atoms. The number of amides is 2. The van der Waals surface area contributed by atoms with Crippen molar-refractivity contribution in [1.82, 2.24) is 10.7 Å². The third-order valence-corrected chi connectivity index (χ3v) is 4.08. The molecule has 0 radical (unpaired) electrons. The molecule has 0 aliphatic carbocycles. The third kappa shape index (κ3) is 5.41. The van der Waals surface area contributed by atoms with Crippen LogP contribution in [0.5, 0.6) is 0 Å². The first-order chi connectivity index (χ1) is 12.0. The summed E-state index contributed by atoms with van der Waals surface area (Å²) in [5.41, 5.74) is 3.50. The Hall–Kier alpha value is -2.70. The number of carbonyl (C=O) groups excluding carboxylic acids is 3. The first kappa shape index (κ1) is 18.6. The number of ether oxygens (including phenoxy) is 1. The molecule has 0 saturated heterocycles. The molecule has 25 heavy (non-hydrogen) atoms. The Morgan fingerprint density at radius 3 is 2.60 bits per heavy atom. The van der Waals surface area contributed by atoms with Crippen molar-refractivity contribution in [2.45, 2.75) is 45.1 Å². The lowest BCUT2D eigenvalue weighted by Crippen LogP contribution is -2.40. The molecule has 0 aromatic heterocycles. The molecule has 1 aliphatic heterocycles. The highest BCUT2D eigenvalue weighted by atomic mass is 16.5. The lowest BCUT2D eigenvalue weighted by Gasteiger charge is -2.19. The van der Waals surface area contributed by atoms with Crippen LogP contribution in [0.3, 0.4) is 0 Å². The zero-order valence-corrected chi connectivity index (χ0v) is 14.5. The molecular weight excluding hydrogens is 322 g/mol. The van der Waals surface area contributed by atoms with Crippen molar-refractivity contribution >= 4 is 23.5 Å². The predicted octanol–water partition coefficient (Wildman–Crippen LogP) is 1.49. The number of nitrogens with one attached hydrogen (secondary N) is 2. The van der Waals surface area contributed by atoms with Crippen LogP contribution in [-0.4, -0.2) is 36.1 Å². The van der Waals surface area contributed by atoms with Crippen molar-refractivity contribution in [2.24, 2.45) is 5.10 Å². The van der Waals surface area contributed by atoms with Crippen LogP contribution in [0.15, 0.2) is 35.4 Å². The number of esters is 1. The molecule has 7 nitrogen and oxygen atoms in total. The van der Waals surface area contributed by atoms with Crippen molar-refractivity contribution in [3.63, 3.8) is 0 Å². The van der Waals surface area contributed by atoms with Gasteiger partial charge >= 0.3 is 5.97 Å². The molecular formula is C18H23N3O4. The summed E-state index contributed by atoms with van der Waals surface area (Å²) in [6, 6.07) is 9.94. The minimum Gasteiger partial charge on any atom is -0.448 e. The summed E-state index contributed by atoms with van der Waals surface area (Å²) in [5, 5.41) is 6.48. The second-order valence-electron chi connectivity index (χ2n) is 5.90. The van der Waals surface area contributed by atoms with Crippen LogP contribution < -0.4 is 10.7 Å². The van der Waals surface area contributed by atoms with E-state index in [0.717, 1.165) is 12.0 Å². The second-order valence-corrected chi connectivity index (χ2v) is 5.90. The summed E-state index contributed by atoms with van der Waals surface area (Å²) in [4.78, 5) is 35.1. The Bertz CT molecular complexity index is 658. The Labute approximate surface area is 146 Å². The summed E-state index contributed by atoms with van der Waals surface area (Å²) in [5.74, 6) is -1.08. The van der Waals surface area contributed by atoms with E-state index >= 15 is 0 Å².